The second-order valence-corrected chi connectivity index (χ2v) is 7.45. The Morgan fingerprint density at radius 2 is 1.70 bits per heavy atom. The zero-order chi connectivity index (χ0) is 20.8. The van der Waals surface area contributed by atoms with Gasteiger partial charge in [0.2, 0.25) is 0 Å². The van der Waals surface area contributed by atoms with Crippen molar-refractivity contribution in [2.24, 2.45) is 0 Å². The molecular formula is C25H24N2O3. The Balaban J connectivity index is 1.60. The van der Waals surface area contributed by atoms with Gasteiger partial charge in [-0.15, -0.1) is 0 Å². The Hall–Kier alpha value is -3.47. The normalized spacial score (nSPS) is 13.3. The highest BCUT2D eigenvalue weighted by Gasteiger charge is 2.22. The maximum absolute atomic E-state index is 13.1. The van der Waals surface area contributed by atoms with E-state index in [-0.39, 0.29) is 18.1 Å². The zero-order valence-electron chi connectivity index (χ0n) is 16.8. The molecule has 0 radical (unpaired) electrons. The average molecular weight is 400 g/mol. The molecule has 5 heteroatoms. The molecule has 1 amide bonds. The average Bonchev–Trinajstić information content (AvgIpc) is 3.33. The molecule has 0 atom stereocenters. The van der Waals surface area contributed by atoms with Crippen LogP contribution in [0.4, 0.5) is 0 Å². The van der Waals surface area contributed by atoms with Crippen molar-refractivity contribution in [3.8, 4) is 5.75 Å². The van der Waals surface area contributed by atoms with Crippen LogP contribution in [0.15, 0.2) is 73.1 Å². The van der Waals surface area contributed by atoms with Crippen LogP contribution in [0, 0.1) is 0 Å². The lowest BCUT2D eigenvalue weighted by Gasteiger charge is -2.17. The molecule has 1 aromatic heterocycles. The summed E-state index contributed by atoms with van der Waals surface area (Å²) in [6, 6.07) is 18.6. The maximum Gasteiger partial charge on any atom is 0.253 e. The van der Waals surface area contributed by atoms with E-state index >= 15 is 0 Å². The van der Waals surface area contributed by atoms with E-state index in [9.17, 15) is 9.59 Å². The number of hydrogen-bond donors (Lipinski definition) is 0. The van der Waals surface area contributed by atoms with Gasteiger partial charge in [0.15, 0.2) is 5.78 Å². The van der Waals surface area contributed by atoms with Crippen LogP contribution >= 0.6 is 0 Å². The lowest BCUT2D eigenvalue weighted by Crippen LogP contribution is -2.27. The van der Waals surface area contributed by atoms with Gasteiger partial charge in [0.25, 0.3) is 5.91 Å². The second-order valence-electron chi connectivity index (χ2n) is 7.45. The first-order chi connectivity index (χ1) is 14.7. The van der Waals surface area contributed by atoms with Crippen LogP contribution in [-0.2, 0) is 13.0 Å². The van der Waals surface area contributed by atoms with Crippen molar-refractivity contribution in [3.63, 3.8) is 0 Å². The van der Waals surface area contributed by atoms with E-state index in [2.05, 4.69) is 4.98 Å². The summed E-state index contributed by atoms with van der Waals surface area (Å²) in [7, 11) is 0. The number of carbonyl (C=O) groups excluding carboxylic acids is 2. The molecule has 0 aliphatic carbocycles. The molecule has 4 rings (SSSR count). The van der Waals surface area contributed by atoms with Crippen LogP contribution in [0.2, 0.25) is 0 Å². The minimum absolute atomic E-state index is 0.0301. The van der Waals surface area contributed by atoms with E-state index in [0.29, 0.717) is 23.5 Å². The standard InChI is InChI=1S/C25H24N2O3/c28-23(15-20-9-6-12-26-17-20)22-16-21(25(29)27-13-4-5-14-27)10-11-24(22)30-18-19-7-2-1-3-8-19/h1-3,6-12,16-17H,4-5,13-15,18H2. The number of ketones is 1. The Labute approximate surface area is 176 Å². The molecule has 0 unspecified atom stereocenters. The fourth-order valence-corrected chi connectivity index (χ4v) is 3.63. The van der Waals surface area contributed by atoms with Gasteiger partial charge in [0.1, 0.15) is 12.4 Å². The van der Waals surface area contributed by atoms with Gasteiger partial charge in [0, 0.05) is 37.5 Å². The summed E-state index contributed by atoms with van der Waals surface area (Å²) in [4.78, 5) is 31.9. The maximum atomic E-state index is 13.1. The number of amides is 1. The molecular weight excluding hydrogens is 376 g/mol. The Bertz CT molecular complexity index is 1010. The van der Waals surface area contributed by atoms with E-state index in [1.165, 1.54) is 0 Å². The minimum atomic E-state index is -0.0952. The van der Waals surface area contributed by atoms with Gasteiger partial charge in [-0.05, 0) is 48.2 Å². The number of rotatable bonds is 7. The van der Waals surface area contributed by atoms with Gasteiger partial charge in [-0.1, -0.05) is 36.4 Å². The molecule has 1 aliphatic heterocycles. The summed E-state index contributed by atoms with van der Waals surface area (Å²) in [5.41, 5.74) is 2.80. The number of ether oxygens (including phenoxy) is 1. The van der Waals surface area contributed by atoms with Crippen LogP contribution in [0.25, 0.3) is 0 Å². The van der Waals surface area contributed by atoms with Crippen LogP contribution in [0.1, 0.15) is 44.7 Å². The van der Waals surface area contributed by atoms with Crippen molar-refractivity contribution in [3.05, 3.63) is 95.3 Å². The van der Waals surface area contributed by atoms with Crippen molar-refractivity contribution in [1.29, 1.82) is 0 Å². The fraction of sp³-hybridized carbons (Fsp3) is 0.240. The molecule has 1 aliphatic rings. The van der Waals surface area contributed by atoms with Gasteiger partial charge in [-0.25, -0.2) is 0 Å². The number of aromatic nitrogens is 1. The van der Waals surface area contributed by atoms with E-state index in [1.807, 2.05) is 47.4 Å². The monoisotopic (exact) mass is 400 g/mol. The molecule has 30 heavy (non-hydrogen) atoms. The molecule has 0 spiro atoms. The van der Waals surface area contributed by atoms with Crippen LogP contribution < -0.4 is 4.74 Å². The van der Waals surface area contributed by atoms with Crippen LogP contribution in [0.3, 0.4) is 0 Å². The SMILES string of the molecule is O=C(Cc1cccnc1)c1cc(C(=O)N2CCCC2)ccc1OCc1ccccc1. The fourth-order valence-electron chi connectivity index (χ4n) is 3.63. The highest BCUT2D eigenvalue weighted by Crippen LogP contribution is 2.25. The predicted molar refractivity (Wildman–Crippen MR) is 115 cm³/mol. The molecule has 0 bridgehead atoms. The Morgan fingerprint density at radius 3 is 2.43 bits per heavy atom. The molecule has 1 saturated heterocycles. The predicted octanol–water partition coefficient (Wildman–Crippen LogP) is 4.32. The first-order valence-corrected chi connectivity index (χ1v) is 10.2. The molecule has 0 saturated carbocycles. The number of Topliss-reactive ketones (excluding diaryl/α,β-unsaturated/α-hetero) is 1. The summed E-state index contributed by atoms with van der Waals surface area (Å²) in [6.07, 6.45) is 5.61. The number of carbonyl (C=O) groups is 2. The van der Waals surface area contributed by atoms with Gasteiger partial charge in [0.05, 0.1) is 5.56 Å². The number of pyridine rings is 1. The summed E-state index contributed by atoms with van der Waals surface area (Å²) in [5.74, 6) is 0.366. The molecule has 152 valence electrons. The molecule has 1 fully saturated rings. The number of nitrogens with zero attached hydrogens (tertiary/aromatic N) is 2. The summed E-state index contributed by atoms with van der Waals surface area (Å²) < 4.78 is 5.98. The number of benzene rings is 2. The highest BCUT2D eigenvalue weighted by molar-refractivity contribution is 6.03. The number of likely N-dealkylation sites (tertiary alicyclic amines) is 1. The first-order valence-electron chi connectivity index (χ1n) is 10.2. The van der Waals surface area contributed by atoms with E-state index in [1.54, 1.807) is 30.6 Å². The van der Waals surface area contributed by atoms with Crippen molar-refractivity contribution in [2.45, 2.75) is 25.9 Å². The van der Waals surface area contributed by atoms with Crippen LogP contribution in [-0.4, -0.2) is 34.7 Å². The molecule has 2 heterocycles. The smallest absolute Gasteiger partial charge is 0.253 e. The third kappa shape index (κ3) is 4.74. The lowest BCUT2D eigenvalue weighted by molar-refractivity contribution is 0.0792. The topological polar surface area (TPSA) is 59.5 Å². The van der Waals surface area contributed by atoms with Crippen LogP contribution in [0.5, 0.6) is 5.75 Å². The van der Waals surface area contributed by atoms with Gasteiger partial charge in [-0.3, -0.25) is 14.6 Å². The second kappa shape index (κ2) is 9.35. The quantitative estimate of drug-likeness (QED) is 0.554. The molecule has 5 nitrogen and oxygen atoms in total. The van der Waals surface area contributed by atoms with Gasteiger partial charge < -0.3 is 9.64 Å². The summed E-state index contributed by atoms with van der Waals surface area (Å²) in [5, 5.41) is 0. The molecule has 0 N–H and O–H groups in total. The molecule has 3 aromatic rings. The first kappa shape index (κ1) is 19.8. The van der Waals surface area contributed by atoms with E-state index < -0.39 is 0 Å². The van der Waals surface area contributed by atoms with E-state index in [0.717, 1.165) is 37.1 Å². The zero-order valence-corrected chi connectivity index (χ0v) is 16.8. The summed E-state index contributed by atoms with van der Waals surface area (Å²) in [6.45, 7) is 1.89. The molecule has 2 aromatic carbocycles. The van der Waals surface area contributed by atoms with Gasteiger partial charge in [-0.2, -0.15) is 0 Å². The lowest BCUT2D eigenvalue weighted by atomic mass is 10.0. The third-order valence-electron chi connectivity index (χ3n) is 5.24. The minimum Gasteiger partial charge on any atom is -0.488 e. The highest BCUT2D eigenvalue weighted by atomic mass is 16.5. The summed E-state index contributed by atoms with van der Waals surface area (Å²) >= 11 is 0. The third-order valence-corrected chi connectivity index (χ3v) is 5.24. The largest absolute Gasteiger partial charge is 0.488 e. The van der Waals surface area contributed by atoms with E-state index in [4.69, 9.17) is 4.74 Å². The van der Waals surface area contributed by atoms with Crippen molar-refractivity contribution in [1.82, 2.24) is 9.88 Å². The van der Waals surface area contributed by atoms with Crippen molar-refractivity contribution < 1.29 is 14.3 Å². The number of hydrogen-bond acceptors (Lipinski definition) is 4. The Kier molecular flexibility index (Phi) is 6.18. The van der Waals surface area contributed by atoms with Gasteiger partial charge >= 0.3 is 0 Å². The van der Waals surface area contributed by atoms with Crippen molar-refractivity contribution >= 4 is 11.7 Å². The Morgan fingerprint density at radius 1 is 0.933 bits per heavy atom. The van der Waals surface area contributed by atoms with Crippen molar-refractivity contribution in [2.75, 3.05) is 13.1 Å².